The normalized spacial score (nSPS) is 18.0. The summed E-state index contributed by atoms with van der Waals surface area (Å²) < 4.78 is 23.1. The van der Waals surface area contributed by atoms with Crippen LogP contribution in [0.4, 0.5) is 0 Å². The Hall–Kier alpha value is -0.490. The maximum Gasteiger partial charge on any atom is 0.262 e. The number of hydrogen-bond donors (Lipinski definition) is 0. The van der Waals surface area contributed by atoms with Crippen LogP contribution in [0.25, 0.3) is 0 Å². The van der Waals surface area contributed by atoms with Crippen LogP contribution in [-0.2, 0) is 9.05 Å². The largest absolute Gasteiger partial charge is 0.334 e. The molecule has 1 heterocycles. The van der Waals surface area contributed by atoms with Crippen molar-refractivity contribution < 1.29 is 13.2 Å². The van der Waals surface area contributed by atoms with Gasteiger partial charge >= 0.3 is 0 Å². The van der Waals surface area contributed by atoms with Crippen molar-refractivity contribution in [3.05, 3.63) is 27.7 Å². The van der Waals surface area contributed by atoms with Crippen molar-refractivity contribution in [2.45, 2.75) is 37.1 Å². The molecule has 1 aliphatic rings. The topological polar surface area (TPSA) is 54.5 Å². The highest BCUT2D eigenvalue weighted by Crippen LogP contribution is 2.35. The summed E-state index contributed by atoms with van der Waals surface area (Å²) in [6.45, 7) is 4.55. The fourth-order valence-corrected chi connectivity index (χ4v) is 4.27. The van der Waals surface area contributed by atoms with E-state index in [4.69, 9.17) is 33.9 Å². The molecular formula is C13H14Cl3NO3S. The van der Waals surface area contributed by atoms with E-state index in [0.717, 1.165) is 12.8 Å². The van der Waals surface area contributed by atoms with Crippen LogP contribution in [0.15, 0.2) is 17.0 Å². The second kappa shape index (κ2) is 5.61. The Kier molecular flexibility index (Phi) is 4.51. The maximum absolute atomic E-state index is 12.6. The van der Waals surface area contributed by atoms with Crippen LogP contribution < -0.4 is 0 Å². The summed E-state index contributed by atoms with van der Waals surface area (Å²) in [5, 5.41) is -0.192. The number of amides is 1. The van der Waals surface area contributed by atoms with Crippen LogP contribution in [-0.4, -0.2) is 31.3 Å². The van der Waals surface area contributed by atoms with E-state index in [9.17, 15) is 13.2 Å². The highest BCUT2D eigenvalue weighted by molar-refractivity contribution is 8.13. The first-order valence-electron chi connectivity index (χ1n) is 6.30. The van der Waals surface area contributed by atoms with Crippen LogP contribution in [0.3, 0.4) is 0 Å². The zero-order valence-corrected chi connectivity index (χ0v) is 14.6. The predicted molar refractivity (Wildman–Crippen MR) is 83.9 cm³/mol. The minimum Gasteiger partial charge on any atom is -0.334 e. The molecule has 1 aromatic carbocycles. The van der Waals surface area contributed by atoms with Gasteiger partial charge in [-0.2, -0.15) is 0 Å². The van der Waals surface area contributed by atoms with E-state index in [1.165, 1.54) is 12.1 Å². The Bertz CT molecular complexity index is 701. The third-order valence-electron chi connectivity index (χ3n) is 3.65. The summed E-state index contributed by atoms with van der Waals surface area (Å²) in [5.74, 6) is -0.280. The van der Waals surface area contributed by atoms with Crippen LogP contribution in [0.1, 0.15) is 37.0 Å². The molecule has 0 saturated carbocycles. The van der Waals surface area contributed by atoms with Gasteiger partial charge in [-0.05, 0) is 38.8 Å². The molecule has 1 aliphatic heterocycles. The average molecular weight is 371 g/mol. The Morgan fingerprint density at radius 2 is 1.90 bits per heavy atom. The third-order valence-corrected chi connectivity index (χ3v) is 5.91. The highest BCUT2D eigenvalue weighted by atomic mass is 35.7. The lowest BCUT2D eigenvalue weighted by molar-refractivity contribution is 0.0651. The Morgan fingerprint density at radius 1 is 1.29 bits per heavy atom. The molecule has 0 bridgehead atoms. The summed E-state index contributed by atoms with van der Waals surface area (Å²) in [4.78, 5) is 13.9. The number of carbonyl (C=O) groups is 1. The number of likely N-dealkylation sites (tertiary alicyclic amines) is 1. The molecular weight excluding hydrogens is 357 g/mol. The number of hydrogen-bond acceptors (Lipinski definition) is 3. The van der Waals surface area contributed by atoms with Gasteiger partial charge in [0.1, 0.15) is 4.90 Å². The second-order valence-corrected chi connectivity index (χ2v) is 8.90. The Labute approximate surface area is 138 Å². The lowest BCUT2D eigenvalue weighted by Gasteiger charge is -2.31. The second-order valence-electron chi connectivity index (χ2n) is 5.58. The van der Waals surface area contributed by atoms with Crippen LogP contribution in [0.5, 0.6) is 0 Å². The summed E-state index contributed by atoms with van der Waals surface area (Å²) >= 11 is 11.8. The Balaban J connectivity index is 2.51. The average Bonchev–Trinajstić information content (AvgIpc) is 2.69. The first-order chi connectivity index (χ1) is 9.54. The first kappa shape index (κ1) is 16.9. The summed E-state index contributed by atoms with van der Waals surface area (Å²) in [7, 11) is 1.25. The van der Waals surface area contributed by atoms with Gasteiger partial charge in [0.2, 0.25) is 0 Å². The van der Waals surface area contributed by atoms with Gasteiger partial charge in [-0.15, -0.1) is 0 Å². The van der Waals surface area contributed by atoms with Gasteiger partial charge in [-0.1, -0.05) is 23.2 Å². The molecule has 2 rings (SSSR count). The minimum atomic E-state index is -4.08. The number of benzene rings is 1. The van der Waals surface area contributed by atoms with E-state index in [-0.39, 0.29) is 32.0 Å². The van der Waals surface area contributed by atoms with Crippen molar-refractivity contribution >= 4 is 48.8 Å². The molecule has 116 valence electrons. The molecule has 1 aromatic rings. The van der Waals surface area contributed by atoms with E-state index >= 15 is 0 Å². The Morgan fingerprint density at radius 3 is 2.38 bits per heavy atom. The lowest BCUT2D eigenvalue weighted by Crippen LogP contribution is -2.42. The molecule has 1 amide bonds. The number of halogens is 3. The van der Waals surface area contributed by atoms with Crippen LogP contribution in [0, 0.1) is 0 Å². The van der Waals surface area contributed by atoms with Crippen molar-refractivity contribution in [2.24, 2.45) is 0 Å². The molecule has 0 atom stereocenters. The van der Waals surface area contributed by atoms with E-state index in [1.807, 2.05) is 13.8 Å². The van der Waals surface area contributed by atoms with Crippen molar-refractivity contribution in [3.63, 3.8) is 0 Å². The first-order valence-corrected chi connectivity index (χ1v) is 9.36. The van der Waals surface area contributed by atoms with E-state index in [1.54, 1.807) is 4.90 Å². The molecule has 8 heteroatoms. The lowest BCUT2D eigenvalue weighted by atomic mass is 10.0. The minimum absolute atomic E-state index is 0.0151. The monoisotopic (exact) mass is 369 g/mol. The van der Waals surface area contributed by atoms with Gasteiger partial charge in [0.15, 0.2) is 0 Å². The van der Waals surface area contributed by atoms with Gasteiger partial charge in [-0.25, -0.2) is 8.42 Å². The van der Waals surface area contributed by atoms with Gasteiger partial charge < -0.3 is 4.90 Å². The quantitative estimate of drug-likeness (QED) is 0.741. The van der Waals surface area contributed by atoms with Crippen molar-refractivity contribution in [1.82, 2.24) is 4.90 Å². The molecule has 0 aliphatic carbocycles. The summed E-state index contributed by atoms with van der Waals surface area (Å²) in [6, 6.07) is 2.54. The zero-order valence-electron chi connectivity index (χ0n) is 11.5. The third kappa shape index (κ3) is 3.31. The SMILES string of the molecule is CC1(C)CCCN1C(=O)c1cc(Cl)c(Cl)c(S(=O)(=O)Cl)c1. The molecule has 0 N–H and O–H groups in total. The summed E-state index contributed by atoms with van der Waals surface area (Å²) in [5.41, 5.74) is -0.109. The van der Waals surface area contributed by atoms with Gasteiger partial charge in [0.25, 0.3) is 15.0 Å². The molecule has 0 aromatic heterocycles. The van der Waals surface area contributed by atoms with E-state index < -0.39 is 9.05 Å². The number of nitrogens with zero attached hydrogens (tertiary/aromatic N) is 1. The van der Waals surface area contributed by atoms with Gasteiger partial charge in [-0.3, -0.25) is 4.79 Å². The molecule has 1 fully saturated rings. The van der Waals surface area contributed by atoms with E-state index in [0.29, 0.717) is 6.54 Å². The van der Waals surface area contributed by atoms with Gasteiger partial charge in [0, 0.05) is 28.3 Å². The highest BCUT2D eigenvalue weighted by Gasteiger charge is 2.36. The molecule has 0 spiro atoms. The predicted octanol–water partition coefficient (Wildman–Crippen LogP) is 3.94. The maximum atomic E-state index is 12.6. The van der Waals surface area contributed by atoms with Crippen LogP contribution in [0.2, 0.25) is 10.0 Å². The van der Waals surface area contributed by atoms with Crippen molar-refractivity contribution in [3.8, 4) is 0 Å². The number of rotatable bonds is 2. The standard InChI is InChI=1S/C13H14Cl3NO3S/c1-13(2)4-3-5-17(13)12(18)8-6-9(14)11(15)10(7-8)21(16,19)20/h6-7H,3-5H2,1-2H3. The summed E-state index contributed by atoms with van der Waals surface area (Å²) in [6.07, 6.45) is 1.79. The molecule has 1 saturated heterocycles. The smallest absolute Gasteiger partial charge is 0.262 e. The number of carbonyl (C=O) groups excluding carboxylic acids is 1. The fraction of sp³-hybridized carbons (Fsp3) is 0.462. The fourth-order valence-electron chi connectivity index (χ4n) is 2.50. The molecule has 21 heavy (non-hydrogen) atoms. The van der Waals surface area contributed by atoms with Crippen LogP contribution >= 0.6 is 33.9 Å². The molecule has 0 unspecified atom stereocenters. The van der Waals surface area contributed by atoms with E-state index in [2.05, 4.69) is 0 Å². The zero-order chi connectivity index (χ0) is 16.0. The molecule has 0 radical (unpaired) electrons. The van der Waals surface area contributed by atoms with Crippen molar-refractivity contribution in [2.75, 3.05) is 6.54 Å². The molecule has 4 nitrogen and oxygen atoms in total. The van der Waals surface area contributed by atoms with Gasteiger partial charge in [0.05, 0.1) is 10.0 Å². The van der Waals surface area contributed by atoms with Crippen molar-refractivity contribution in [1.29, 1.82) is 0 Å².